The summed E-state index contributed by atoms with van der Waals surface area (Å²) in [5, 5.41) is 9.08. The van der Waals surface area contributed by atoms with Crippen LogP contribution in [0.5, 0.6) is 0 Å². The Labute approximate surface area is 264 Å². The van der Waals surface area contributed by atoms with Gasteiger partial charge in [0.05, 0.1) is 22.1 Å². The van der Waals surface area contributed by atoms with Crippen molar-refractivity contribution in [2.45, 2.75) is 6.17 Å². The molecule has 0 saturated heterocycles. The van der Waals surface area contributed by atoms with E-state index >= 15 is 0 Å². The van der Waals surface area contributed by atoms with Crippen molar-refractivity contribution in [2.75, 3.05) is 6.54 Å². The first-order valence-electron chi connectivity index (χ1n) is 15.4. The Morgan fingerprint density at radius 2 is 1.61 bits per heavy atom. The fraction of sp³-hybridized carbons (Fsp3) is 0.0513. The van der Waals surface area contributed by atoms with Crippen LogP contribution in [0.2, 0.25) is 0 Å². The summed E-state index contributed by atoms with van der Waals surface area (Å²) in [7, 11) is 0. The Balaban J connectivity index is 1.14. The van der Waals surface area contributed by atoms with E-state index in [-0.39, 0.29) is 6.17 Å². The van der Waals surface area contributed by atoms with Crippen molar-refractivity contribution in [1.82, 2.24) is 25.2 Å². The standard InChI is InChI=1S/C39H28N6O/c1-2-6-28(7-3-1)39-44-31-14-15-35-36(37(31)46-39)30-8-4-5-9-34(30)45(35)29-12-10-27(11-13-29)38-42-32(25-16-20-40-21-17-25)24-33(43-38)26-18-22-41-23-19-26/h1-22,24,38,41-42H,23H2. The van der Waals surface area contributed by atoms with Gasteiger partial charge in [0.2, 0.25) is 5.89 Å². The average Bonchev–Trinajstić information content (AvgIpc) is 3.72. The Bertz CT molecular complexity index is 2380. The Morgan fingerprint density at radius 3 is 2.43 bits per heavy atom. The van der Waals surface area contributed by atoms with Crippen molar-refractivity contribution in [2.24, 2.45) is 4.99 Å². The average molecular weight is 597 g/mol. The minimum atomic E-state index is -0.246. The molecular weight excluding hydrogens is 568 g/mol. The normalized spacial score (nSPS) is 16.2. The third kappa shape index (κ3) is 4.40. The maximum absolute atomic E-state index is 6.46. The first-order chi connectivity index (χ1) is 22.8. The van der Waals surface area contributed by atoms with E-state index in [1.807, 2.05) is 61.1 Å². The van der Waals surface area contributed by atoms with Crippen LogP contribution < -0.4 is 10.6 Å². The van der Waals surface area contributed by atoms with Gasteiger partial charge in [0, 0.05) is 46.8 Å². The molecule has 0 fully saturated rings. The van der Waals surface area contributed by atoms with E-state index in [1.165, 1.54) is 0 Å². The van der Waals surface area contributed by atoms with Gasteiger partial charge in [-0.15, -0.1) is 0 Å². The quantitative estimate of drug-likeness (QED) is 0.210. The molecule has 7 heteroatoms. The molecule has 0 radical (unpaired) electrons. The SMILES string of the molecule is C1=CC(C2=NC(c3ccc(-n4c5ccccc5c5c6oc(-c7ccccc7)nc6ccc54)cc3)NC(c3ccncc3)=C2)=CCN1. The number of hydrogen-bond acceptors (Lipinski definition) is 6. The number of aliphatic imine (C=N–C) groups is 1. The van der Waals surface area contributed by atoms with Crippen molar-refractivity contribution < 1.29 is 4.42 Å². The molecule has 1 atom stereocenters. The van der Waals surface area contributed by atoms with E-state index in [4.69, 9.17) is 14.4 Å². The van der Waals surface area contributed by atoms with E-state index in [0.29, 0.717) is 5.89 Å². The molecule has 2 aliphatic heterocycles. The summed E-state index contributed by atoms with van der Waals surface area (Å²) < 4.78 is 8.76. The van der Waals surface area contributed by atoms with Crippen LogP contribution in [-0.4, -0.2) is 26.8 Å². The van der Waals surface area contributed by atoms with Gasteiger partial charge in [0.25, 0.3) is 0 Å². The van der Waals surface area contributed by atoms with E-state index in [0.717, 1.165) is 78.8 Å². The zero-order valence-electron chi connectivity index (χ0n) is 24.8. The van der Waals surface area contributed by atoms with Gasteiger partial charge in [-0.2, -0.15) is 0 Å². The fourth-order valence-corrected chi connectivity index (χ4v) is 6.42. The second-order valence-electron chi connectivity index (χ2n) is 11.4. The number of benzene rings is 4. The maximum Gasteiger partial charge on any atom is 0.227 e. The lowest BCUT2D eigenvalue weighted by Gasteiger charge is -2.25. The Morgan fingerprint density at radius 1 is 0.783 bits per heavy atom. The molecule has 9 rings (SSSR count). The summed E-state index contributed by atoms with van der Waals surface area (Å²) in [6.45, 7) is 0.781. The summed E-state index contributed by atoms with van der Waals surface area (Å²) in [5.41, 5.74) is 11.1. The molecule has 0 spiro atoms. The molecule has 3 aromatic heterocycles. The largest absolute Gasteiger partial charge is 0.435 e. The molecule has 5 heterocycles. The molecule has 0 bridgehead atoms. The second kappa shape index (κ2) is 10.7. The van der Waals surface area contributed by atoms with Crippen LogP contribution in [0.15, 0.2) is 155 Å². The highest BCUT2D eigenvalue weighted by Gasteiger charge is 2.22. The van der Waals surface area contributed by atoms with Crippen LogP contribution >= 0.6 is 0 Å². The number of dihydropyridines is 1. The van der Waals surface area contributed by atoms with Gasteiger partial charge in [-0.25, -0.2) is 4.98 Å². The van der Waals surface area contributed by atoms with Crippen LogP contribution in [0.25, 0.3) is 55.7 Å². The first-order valence-corrected chi connectivity index (χ1v) is 15.4. The third-order valence-corrected chi connectivity index (χ3v) is 8.63. The highest BCUT2D eigenvalue weighted by molar-refractivity contribution is 6.19. The molecule has 0 amide bonds. The molecule has 0 aliphatic carbocycles. The molecule has 220 valence electrons. The summed E-state index contributed by atoms with van der Waals surface area (Å²) in [6.07, 6.45) is 11.7. The number of hydrogen-bond donors (Lipinski definition) is 2. The maximum atomic E-state index is 6.46. The van der Waals surface area contributed by atoms with Crippen LogP contribution in [-0.2, 0) is 0 Å². The molecule has 1 unspecified atom stereocenters. The molecule has 2 aliphatic rings. The number of nitrogens with zero attached hydrogens (tertiary/aromatic N) is 4. The topological polar surface area (TPSA) is 80.3 Å². The predicted octanol–water partition coefficient (Wildman–Crippen LogP) is 8.11. The van der Waals surface area contributed by atoms with E-state index in [9.17, 15) is 0 Å². The van der Waals surface area contributed by atoms with E-state index < -0.39 is 0 Å². The van der Waals surface area contributed by atoms with Crippen molar-refractivity contribution in [3.63, 3.8) is 0 Å². The number of allylic oxidation sites excluding steroid dienone is 3. The molecule has 46 heavy (non-hydrogen) atoms. The van der Waals surface area contributed by atoms with Gasteiger partial charge < -0.3 is 19.6 Å². The lowest BCUT2D eigenvalue weighted by atomic mass is 10.0. The van der Waals surface area contributed by atoms with E-state index in [2.05, 4.69) is 99.1 Å². The molecule has 0 saturated carbocycles. The lowest BCUT2D eigenvalue weighted by Crippen LogP contribution is -2.25. The smallest absolute Gasteiger partial charge is 0.227 e. The van der Waals surface area contributed by atoms with Gasteiger partial charge in [-0.3, -0.25) is 9.98 Å². The third-order valence-electron chi connectivity index (χ3n) is 8.63. The number of oxazole rings is 1. The fourth-order valence-electron chi connectivity index (χ4n) is 6.42. The molecule has 2 N–H and O–H groups in total. The number of pyridine rings is 1. The van der Waals surface area contributed by atoms with E-state index in [1.54, 1.807) is 0 Å². The summed E-state index contributed by atoms with van der Waals surface area (Å²) in [5.74, 6) is 0.625. The summed E-state index contributed by atoms with van der Waals surface area (Å²) in [6, 6.07) is 35.4. The predicted molar refractivity (Wildman–Crippen MR) is 185 cm³/mol. The number of aromatic nitrogens is 3. The van der Waals surface area contributed by atoms with Crippen molar-refractivity contribution >= 4 is 44.3 Å². The molecule has 4 aromatic carbocycles. The molecule has 7 aromatic rings. The highest BCUT2D eigenvalue weighted by Crippen LogP contribution is 2.38. The van der Waals surface area contributed by atoms with Crippen molar-refractivity contribution in [3.05, 3.63) is 157 Å². The number of rotatable bonds is 5. The van der Waals surface area contributed by atoms with Gasteiger partial charge in [-0.1, -0.05) is 54.6 Å². The monoisotopic (exact) mass is 596 g/mol. The van der Waals surface area contributed by atoms with Crippen LogP contribution in [0.3, 0.4) is 0 Å². The van der Waals surface area contributed by atoms with Crippen molar-refractivity contribution in [3.8, 4) is 17.1 Å². The Hall–Kier alpha value is -6.21. The van der Waals surface area contributed by atoms with Crippen molar-refractivity contribution in [1.29, 1.82) is 0 Å². The van der Waals surface area contributed by atoms with Crippen LogP contribution in [0.4, 0.5) is 0 Å². The number of nitrogens with one attached hydrogen (secondary N) is 2. The molecular formula is C39H28N6O. The lowest BCUT2D eigenvalue weighted by molar-refractivity contribution is 0.623. The van der Waals surface area contributed by atoms with Crippen LogP contribution in [0.1, 0.15) is 17.3 Å². The second-order valence-corrected chi connectivity index (χ2v) is 11.4. The summed E-state index contributed by atoms with van der Waals surface area (Å²) in [4.78, 5) is 14.2. The first kappa shape index (κ1) is 26.2. The zero-order valence-corrected chi connectivity index (χ0v) is 24.8. The minimum Gasteiger partial charge on any atom is -0.435 e. The zero-order chi connectivity index (χ0) is 30.5. The van der Waals surface area contributed by atoms with Crippen LogP contribution in [0, 0.1) is 0 Å². The van der Waals surface area contributed by atoms with Gasteiger partial charge in [0.1, 0.15) is 11.7 Å². The molecule has 7 nitrogen and oxygen atoms in total. The summed E-state index contributed by atoms with van der Waals surface area (Å²) >= 11 is 0. The number of para-hydroxylation sites is 1. The van der Waals surface area contributed by atoms with Gasteiger partial charge in [0.15, 0.2) is 5.58 Å². The van der Waals surface area contributed by atoms with Gasteiger partial charge in [-0.05, 0) is 84.1 Å². The number of fused-ring (bicyclic) bond motifs is 5. The Kier molecular flexibility index (Phi) is 6.13. The van der Waals surface area contributed by atoms with Gasteiger partial charge >= 0.3 is 0 Å². The minimum absolute atomic E-state index is 0.246. The highest BCUT2D eigenvalue weighted by atomic mass is 16.3.